The van der Waals surface area contributed by atoms with Crippen molar-refractivity contribution >= 4 is 17.7 Å². The number of nitrogens with two attached hydrogens (primary N) is 1. The number of piperidine rings is 1. The van der Waals surface area contributed by atoms with E-state index in [1.165, 1.54) is 5.75 Å². The van der Waals surface area contributed by atoms with Gasteiger partial charge >= 0.3 is 0 Å². The standard InChI is InChI=1S/C10H18N2OS/c1-7-5-14-6-9(7)12-4-2-3-8(11)10(12)13/h7-9H,2-6,11H2,1H3. The number of carbonyl (C=O) groups is 1. The predicted molar refractivity (Wildman–Crippen MR) is 59.2 cm³/mol. The van der Waals surface area contributed by atoms with Crippen LogP contribution in [-0.2, 0) is 4.79 Å². The van der Waals surface area contributed by atoms with E-state index in [1.807, 2.05) is 16.7 Å². The molecule has 0 spiro atoms. The monoisotopic (exact) mass is 214 g/mol. The van der Waals surface area contributed by atoms with Crippen LogP contribution < -0.4 is 5.73 Å². The molecule has 3 unspecified atom stereocenters. The van der Waals surface area contributed by atoms with Crippen molar-refractivity contribution in [2.24, 2.45) is 11.7 Å². The molecule has 4 heteroatoms. The molecule has 0 aromatic carbocycles. The molecule has 2 rings (SSSR count). The van der Waals surface area contributed by atoms with E-state index in [4.69, 9.17) is 5.73 Å². The normalized spacial score (nSPS) is 39.1. The topological polar surface area (TPSA) is 46.3 Å². The number of amides is 1. The Kier molecular flexibility index (Phi) is 3.02. The first-order chi connectivity index (χ1) is 6.70. The van der Waals surface area contributed by atoms with Crippen LogP contribution in [-0.4, -0.2) is 40.9 Å². The highest BCUT2D eigenvalue weighted by atomic mass is 32.2. The highest BCUT2D eigenvalue weighted by molar-refractivity contribution is 7.99. The van der Waals surface area contributed by atoms with Gasteiger partial charge < -0.3 is 10.6 Å². The SMILES string of the molecule is CC1CSCC1N1CCCC(N)C1=O. The third-order valence-electron chi connectivity index (χ3n) is 3.24. The summed E-state index contributed by atoms with van der Waals surface area (Å²) in [5, 5.41) is 0. The highest BCUT2D eigenvalue weighted by Gasteiger charge is 2.36. The van der Waals surface area contributed by atoms with Crippen molar-refractivity contribution in [3.8, 4) is 0 Å². The van der Waals surface area contributed by atoms with Gasteiger partial charge in [0.2, 0.25) is 5.91 Å². The molecule has 0 saturated carbocycles. The minimum Gasteiger partial charge on any atom is -0.337 e. The Balaban J connectivity index is 2.05. The highest BCUT2D eigenvalue weighted by Crippen LogP contribution is 2.29. The van der Waals surface area contributed by atoms with E-state index in [0.717, 1.165) is 25.1 Å². The zero-order chi connectivity index (χ0) is 10.1. The van der Waals surface area contributed by atoms with E-state index < -0.39 is 0 Å². The maximum atomic E-state index is 11.8. The van der Waals surface area contributed by atoms with Crippen LogP contribution in [0.4, 0.5) is 0 Å². The lowest BCUT2D eigenvalue weighted by Crippen LogP contribution is -2.54. The van der Waals surface area contributed by atoms with Crippen molar-refractivity contribution in [1.29, 1.82) is 0 Å². The first kappa shape index (κ1) is 10.3. The molecule has 0 aromatic heterocycles. The van der Waals surface area contributed by atoms with Crippen molar-refractivity contribution in [3.05, 3.63) is 0 Å². The molecule has 2 aliphatic rings. The van der Waals surface area contributed by atoms with Gasteiger partial charge in [0.1, 0.15) is 0 Å². The number of hydrogen-bond donors (Lipinski definition) is 1. The van der Waals surface area contributed by atoms with Crippen LogP contribution in [0.3, 0.4) is 0 Å². The average molecular weight is 214 g/mol. The smallest absolute Gasteiger partial charge is 0.239 e. The van der Waals surface area contributed by atoms with E-state index >= 15 is 0 Å². The first-order valence-corrected chi connectivity index (χ1v) is 6.49. The molecule has 2 fully saturated rings. The minimum atomic E-state index is -0.235. The molecular formula is C10H18N2OS. The van der Waals surface area contributed by atoms with Gasteiger partial charge in [-0.1, -0.05) is 6.92 Å². The quantitative estimate of drug-likeness (QED) is 0.698. The van der Waals surface area contributed by atoms with Gasteiger partial charge in [0.25, 0.3) is 0 Å². The van der Waals surface area contributed by atoms with Gasteiger partial charge in [-0.2, -0.15) is 11.8 Å². The van der Waals surface area contributed by atoms with Crippen LogP contribution in [0.2, 0.25) is 0 Å². The van der Waals surface area contributed by atoms with Gasteiger partial charge in [0.05, 0.1) is 6.04 Å². The average Bonchev–Trinajstić information content (AvgIpc) is 2.57. The molecule has 2 aliphatic heterocycles. The van der Waals surface area contributed by atoms with Crippen molar-refractivity contribution < 1.29 is 4.79 Å². The Morgan fingerprint density at radius 3 is 2.93 bits per heavy atom. The van der Waals surface area contributed by atoms with Crippen molar-refractivity contribution in [2.75, 3.05) is 18.1 Å². The van der Waals surface area contributed by atoms with Gasteiger partial charge in [-0.25, -0.2) is 0 Å². The summed E-state index contributed by atoms with van der Waals surface area (Å²) in [6, 6.07) is 0.209. The van der Waals surface area contributed by atoms with Gasteiger partial charge in [-0.05, 0) is 24.5 Å². The number of hydrogen-bond acceptors (Lipinski definition) is 3. The van der Waals surface area contributed by atoms with E-state index in [9.17, 15) is 4.79 Å². The summed E-state index contributed by atoms with van der Waals surface area (Å²) in [6.45, 7) is 3.15. The molecule has 0 aliphatic carbocycles. The Hall–Kier alpha value is -0.220. The molecule has 14 heavy (non-hydrogen) atoms. The number of nitrogens with zero attached hydrogens (tertiary/aromatic N) is 1. The van der Waals surface area contributed by atoms with E-state index in [2.05, 4.69) is 6.92 Å². The second kappa shape index (κ2) is 4.11. The summed E-state index contributed by atoms with van der Waals surface area (Å²) in [5.41, 5.74) is 5.78. The Labute approximate surface area is 89.4 Å². The Bertz CT molecular complexity index is 234. The largest absolute Gasteiger partial charge is 0.337 e. The number of rotatable bonds is 1. The zero-order valence-corrected chi connectivity index (χ0v) is 9.43. The van der Waals surface area contributed by atoms with Crippen molar-refractivity contribution in [3.63, 3.8) is 0 Å². The lowest BCUT2D eigenvalue weighted by Gasteiger charge is -2.36. The molecule has 3 nitrogen and oxygen atoms in total. The minimum absolute atomic E-state index is 0.176. The second-order valence-electron chi connectivity index (χ2n) is 4.36. The fourth-order valence-corrected chi connectivity index (χ4v) is 3.78. The molecule has 2 saturated heterocycles. The predicted octanol–water partition coefficient (Wildman–Crippen LogP) is 0.688. The van der Waals surface area contributed by atoms with Crippen LogP contribution >= 0.6 is 11.8 Å². The Morgan fingerprint density at radius 1 is 1.50 bits per heavy atom. The Morgan fingerprint density at radius 2 is 2.29 bits per heavy atom. The first-order valence-electron chi connectivity index (χ1n) is 5.34. The number of carbonyl (C=O) groups excluding carboxylic acids is 1. The molecule has 1 amide bonds. The summed E-state index contributed by atoms with van der Waals surface area (Å²) in [6.07, 6.45) is 1.93. The fraction of sp³-hybridized carbons (Fsp3) is 0.900. The van der Waals surface area contributed by atoms with Crippen LogP contribution in [0.15, 0.2) is 0 Å². The fourth-order valence-electron chi connectivity index (χ4n) is 2.30. The molecule has 2 N–H and O–H groups in total. The molecule has 3 atom stereocenters. The van der Waals surface area contributed by atoms with Crippen LogP contribution in [0.1, 0.15) is 19.8 Å². The molecular weight excluding hydrogens is 196 g/mol. The molecule has 2 heterocycles. The third kappa shape index (κ3) is 1.77. The van der Waals surface area contributed by atoms with Crippen LogP contribution in [0.5, 0.6) is 0 Å². The van der Waals surface area contributed by atoms with E-state index in [1.54, 1.807) is 0 Å². The molecule has 0 radical (unpaired) electrons. The number of thioether (sulfide) groups is 1. The van der Waals surface area contributed by atoms with Crippen molar-refractivity contribution in [1.82, 2.24) is 4.90 Å². The van der Waals surface area contributed by atoms with Gasteiger partial charge in [0.15, 0.2) is 0 Å². The lowest BCUT2D eigenvalue weighted by atomic mass is 9.98. The molecule has 80 valence electrons. The molecule has 0 bridgehead atoms. The van der Waals surface area contributed by atoms with Gasteiger partial charge in [0, 0.05) is 18.3 Å². The second-order valence-corrected chi connectivity index (χ2v) is 5.44. The maximum Gasteiger partial charge on any atom is 0.239 e. The lowest BCUT2D eigenvalue weighted by molar-refractivity contribution is -0.137. The van der Waals surface area contributed by atoms with E-state index in [0.29, 0.717) is 12.0 Å². The third-order valence-corrected chi connectivity index (χ3v) is 4.58. The summed E-state index contributed by atoms with van der Waals surface area (Å²) in [5.74, 6) is 3.09. The summed E-state index contributed by atoms with van der Waals surface area (Å²) < 4.78 is 0. The summed E-state index contributed by atoms with van der Waals surface area (Å²) >= 11 is 1.95. The summed E-state index contributed by atoms with van der Waals surface area (Å²) in [4.78, 5) is 13.9. The molecule has 0 aromatic rings. The number of likely N-dealkylation sites (tertiary alicyclic amines) is 1. The van der Waals surface area contributed by atoms with E-state index in [-0.39, 0.29) is 11.9 Å². The van der Waals surface area contributed by atoms with Crippen LogP contribution in [0.25, 0.3) is 0 Å². The van der Waals surface area contributed by atoms with Gasteiger partial charge in [-0.3, -0.25) is 4.79 Å². The van der Waals surface area contributed by atoms with Crippen molar-refractivity contribution in [2.45, 2.75) is 31.8 Å². The van der Waals surface area contributed by atoms with Crippen LogP contribution in [0, 0.1) is 5.92 Å². The maximum absolute atomic E-state index is 11.8. The zero-order valence-electron chi connectivity index (χ0n) is 8.61. The summed E-state index contributed by atoms with van der Waals surface area (Å²) in [7, 11) is 0. The van der Waals surface area contributed by atoms with Gasteiger partial charge in [-0.15, -0.1) is 0 Å².